The second kappa shape index (κ2) is 6.66. The first-order valence-electron chi connectivity index (χ1n) is 7.02. The number of amides is 1. The molecule has 0 saturated carbocycles. The molecule has 3 rings (SSSR count). The largest absolute Gasteiger partial charge is 0.474 e. The van der Waals surface area contributed by atoms with E-state index < -0.39 is 11.9 Å². The molecule has 2 heterocycles. The van der Waals surface area contributed by atoms with Crippen LogP contribution in [-0.4, -0.2) is 31.9 Å². The lowest BCUT2D eigenvalue weighted by molar-refractivity contribution is -0.148. The Bertz CT molecular complexity index is 869. The standard InChI is InChI=1S/C17H12N4O3/c22-15(16(23)24)21(13-4-2-1-3-5-13)17-19-11-8-14(20-17)12-6-9-18-10-7-12/h1-11H,(H,23,24). The molecule has 1 amide bonds. The lowest BCUT2D eigenvalue weighted by atomic mass is 10.2. The van der Waals surface area contributed by atoms with Crippen molar-refractivity contribution in [3.63, 3.8) is 0 Å². The van der Waals surface area contributed by atoms with E-state index in [-0.39, 0.29) is 5.95 Å². The predicted octanol–water partition coefficient (Wildman–Crippen LogP) is 2.29. The zero-order valence-corrected chi connectivity index (χ0v) is 12.4. The Kier molecular flexibility index (Phi) is 4.24. The van der Waals surface area contributed by atoms with Crippen LogP contribution in [0.25, 0.3) is 11.3 Å². The maximum atomic E-state index is 12.1. The zero-order valence-electron chi connectivity index (χ0n) is 12.4. The highest BCUT2D eigenvalue weighted by Gasteiger charge is 2.26. The fourth-order valence-electron chi connectivity index (χ4n) is 2.14. The predicted molar refractivity (Wildman–Crippen MR) is 86.5 cm³/mol. The summed E-state index contributed by atoms with van der Waals surface area (Å²) in [6.45, 7) is 0. The first-order valence-corrected chi connectivity index (χ1v) is 7.02. The monoisotopic (exact) mass is 320 g/mol. The Morgan fingerprint density at radius 2 is 1.62 bits per heavy atom. The van der Waals surface area contributed by atoms with Crippen LogP contribution in [0.2, 0.25) is 0 Å². The number of pyridine rings is 1. The number of nitrogens with zero attached hydrogens (tertiary/aromatic N) is 4. The molecule has 0 aliphatic carbocycles. The first-order chi connectivity index (χ1) is 11.7. The maximum absolute atomic E-state index is 12.1. The van der Waals surface area contributed by atoms with E-state index in [0.29, 0.717) is 11.4 Å². The summed E-state index contributed by atoms with van der Waals surface area (Å²) in [6, 6.07) is 13.6. The molecule has 0 bridgehead atoms. The number of carbonyl (C=O) groups is 2. The van der Waals surface area contributed by atoms with E-state index in [0.717, 1.165) is 10.5 Å². The summed E-state index contributed by atoms with van der Waals surface area (Å²) in [5.74, 6) is -2.73. The molecular formula is C17H12N4O3. The van der Waals surface area contributed by atoms with Gasteiger partial charge in [0.25, 0.3) is 0 Å². The third kappa shape index (κ3) is 3.09. The van der Waals surface area contributed by atoms with Crippen molar-refractivity contribution in [2.24, 2.45) is 0 Å². The van der Waals surface area contributed by atoms with Crippen molar-refractivity contribution in [2.45, 2.75) is 0 Å². The Balaban J connectivity index is 2.09. The van der Waals surface area contributed by atoms with Crippen LogP contribution in [0, 0.1) is 0 Å². The highest BCUT2D eigenvalue weighted by atomic mass is 16.4. The van der Waals surface area contributed by atoms with Gasteiger partial charge in [0.1, 0.15) is 0 Å². The smallest absolute Gasteiger partial charge is 0.395 e. The van der Waals surface area contributed by atoms with E-state index in [4.69, 9.17) is 5.11 Å². The number of hydrogen-bond donors (Lipinski definition) is 1. The summed E-state index contributed by atoms with van der Waals surface area (Å²) in [7, 11) is 0. The van der Waals surface area contributed by atoms with Gasteiger partial charge in [-0.05, 0) is 30.3 Å². The molecule has 0 unspecified atom stereocenters. The van der Waals surface area contributed by atoms with Crippen LogP contribution in [0.5, 0.6) is 0 Å². The van der Waals surface area contributed by atoms with Crippen LogP contribution in [0.3, 0.4) is 0 Å². The van der Waals surface area contributed by atoms with Gasteiger partial charge < -0.3 is 5.11 Å². The summed E-state index contributed by atoms with van der Waals surface area (Å²) in [6.07, 6.45) is 4.71. The van der Waals surface area contributed by atoms with Crippen molar-refractivity contribution in [3.05, 3.63) is 67.1 Å². The lowest BCUT2D eigenvalue weighted by Gasteiger charge is -2.19. The minimum absolute atomic E-state index is 0.0112. The minimum atomic E-state index is -1.59. The van der Waals surface area contributed by atoms with Gasteiger partial charge in [-0.2, -0.15) is 0 Å². The van der Waals surface area contributed by atoms with Crippen LogP contribution >= 0.6 is 0 Å². The van der Waals surface area contributed by atoms with Gasteiger partial charge >= 0.3 is 11.9 Å². The molecule has 0 atom stereocenters. The summed E-state index contributed by atoms with van der Waals surface area (Å²) >= 11 is 0. The molecule has 1 aromatic carbocycles. The van der Waals surface area contributed by atoms with E-state index in [1.165, 1.54) is 6.20 Å². The van der Waals surface area contributed by atoms with E-state index in [2.05, 4.69) is 15.0 Å². The third-order valence-corrected chi connectivity index (χ3v) is 3.22. The minimum Gasteiger partial charge on any atom is -0.474 e. The molecule has 1 N–H and O–H groups in total. The Labute approximate surface area is 137 Å². The molecule has 7 nitrogen and oxygen atoms in total. The molecule has 0 saturated heterocycles. The number of carbonyl (C=O) groups excluding carboxylic acids is 1. The molecule has 24 heavy (non-hydrogen) atoms. The van der Waals surface area contributed by atoms with Crippen LogP contribution in [0.15, 0.2) is 67.1 Å². The van der Waals surface area contributed by atoms with Gasteiger partial charge in [0.05, 0.1) is 11.4 Å². The number of para-hydroxylation sites is 1. The van der Waals surface area contributed by atoms with Crippen molar-refractivity contribution in [3.8, 4) is 11.3 Å². The van der Waals surface area contributed by atoms with Gasteiger partial charge in [0.2, 0.25) is 5.95 Å². The van der Waals surface area contributed by atoms with Gasteiger partial charge in [-0.1, -0.05) is 18.2 Å². The summed E-state index contributed by atoms with van der Waals surface area (Å²) < 4.78 is 0. The SMILES string of the molecule is O=C(O)C(=O)N(c1ccccc1)c1nccc(-c2ccncc2)n1. The molecule has 0 aliphatic rings. The van der Waals surface area contributed by atoms with Crippen molar-refractivity contribution >= 4 is 23.5 Å². The quantitative estimate of drug-likeness (QED) is 0.744. The number of carboxylic acids is 1. The van der Waals surface area contributed by atoms with Crippen LogP contribution in [-0.2, 0) is 9.59 Å². The fraction of sp³-hybridized carbons (Fsp3) is 0. The van der Waals surface area contributed by atoms with Crippen molar-refractivity contribution in [1.29, 1.82) is 0 Å². The number of benzene rings is 1. The van der Waals surface area contributed by atoms with Gasteiger partial charge in [-0.3, -0.25) is 9.78 Å². The number of aromatic nitrogens is 3. The van der Waals surface area contributed by atoms with Crippen LogP contribution in [0.1, 0.15) is 0 Å². The van der Waals surface area contributed by atoms with Crippen molar-refractivity contribution in [1.82, 2.24) is 15.0 Å². The van der Waals surface area contributed by atoms with Crippen LogP contribution in [0.4, 0.5) is 11.6 Å². The second-order valence-electron chi connectivity index (χ2n) is 4.76. The molecule has 0 aliphatic heterocycles. The van der Waals surface area contributed by atoms with Crippen molar-refractivity contribution in [2.75, 3.05) is 4.90 Å². The Morgan fingerprint density at radius 1 is 0.917 bits per heavy atom. The second-order valence-corrected chi connectivity index (χ2v) is 4.76. The molecule has 0 fully saturated rings. The first kappa shape index (κ1) is 15.3. The zero-order chi connectivity index (χ0) is 16.9. The number of anilines is 2. The molecule has 0 radical (unpaired) electrons. The maximum Gasteiger partial charge on any atom is 0.395 e. The fourth-order valence-corrected chi connectivity index (χ4v) is 2.14. The van der Waals surface area contributed by atoms with Gasteiger partial charge in [-0.15, -0.1) is 0 Å². The number of hydrogen-bond acceptors (Lipinski definition) is 5. The van der Waals surface area contributed by atoms with E-state index in [1.807, 2.05) is 0 Å². The van der Waals surface area contributed by atoms with E-state index in [9.17, 15) is 9.59 Å². The molecule has 118 valence electrons. The third-order valence-electron chi connectivity index (χ3n) is 3.22. The highest BCUT2D eigenvalue weighted by Crippen LogP contribution is 2.24. The van der Waals surface area contributed by atoms with E-state index in [1.54, 1.807) is 60.9 Å². The molecule has 3 aromatic rings. The van der Waals surface area contributed by atoms with Gasteiger partial charge in [0, 0.05) is 24.2 Å². The Morgan fingerprint density at radius 3 is 2.29 bits per heavy atom. The van der Waals surface area contributed by atoms with Gasteiger partial charge in [0.15, 0.2) is 0 Å². The molecule has 7 heteroatoms. The topological polar surface area (TPSA) is 96.3 Å². The molecule has 2 aromatic heterocycles. The van der Waals surface area contributed by atoms with E-state index >= 15 is 0 Å². The summed E-state index contributed by atoms with van der Waals surface area (Å²) in [4.78, 5) is 36.6. The normalized spacial score (nSPS) is 10.2. The number of aliphatic carboxylic acids is 1. The molecular weight excluding hydrogens is 308 g/mol. The van der Waals surface area contributed by atoms with Crippen molar-refractivity contribution < 1.29 is 14.7 Å². The Hall–Kier alpha value is -3.61. The number of rotatable bonds is 3. The average Bonchev–Trinajstić information content (AvgIpc) is 2.64. The number of carboxylic acid groups (broad SMARTS) is 1. The highest BCUT2D eigenvalue weighted by molar-refractivity contribution is 6.38. The average molecular weight is 320 g/mol. The molecule has 0 spiro atoms. The summed E-state index contributed by atoms with van der Waals surface area (Å²) in [5, 5.41) is 9.11. The van der Waals surface area contributed by atoms with Crippen LogP contribution < -0.4 is 4.90 Å². The summed E-state index contributed by atoms with van der Waals surface area (Å²) in [5.41, 5.74) is 1.71. The lowest BCUT2D eigenvalue weighted by Crippen LogP contribution is -2.33. The van der Waals surface area contributed by atoms with Gasteiger partial charge in [-0.25, -0.2) is 19.7 Å².